The summed E-state index contributed by atoms with van der Waals surface area (Å²) in [4.78, 5) is 16.6. The zero-order valence-corrected chi connectivity index (χ0v) is 13.3. The minimum Gasteiger partial charge on any atom is -0.349 e. The smallest absolute Gasteiger partial charge is 0.270 e. The molecule has 0 aliphatic heterocycles. The molecule has 122 valence electrons. The van der Waals surface area contributed by atoms with Crippen LogP contribution in [0.2, 0.25) is 0 Å². The Kier molecular flexibility index (Phi) is 4.25. The van der Waals surface area contributed by atoms with Crippen LogP contribution in [0.5, 0.6) is 0 Å². The van der Waals surface area contributed by atoms with Crippen molar-refractivity contribution < 1.29 is 13.6 Å². The molecular weight excluding hydrogens is 310 g/mol. The minimum atomic E-state index is -0.975. The van der Waals surface area contributed by atoms with Crippen LogP contribution in [-0.4, -0.2) is 16.9 Å². The molecule has 0 bridgehead atoms. The fraction of sp³-hybridized carbons (Fsp3) is 0.158. The van der Waals surface area contributed by atoms with E-state index in [4.69, 9.17) is 0 Å². The second-order valence-electron chi connectivity index (χ2n) is 5.81. The predicted molar refractivity (Wildman–Crippen MR) is 89.7 cm³/mol. The van der Waals surface area contributed by atoms with Gasteiger partial charge in [0.15, 0.2) is 11.6 Å². The number of carbonyl (C=O) groups is 1. The van der Waals surface area contributed by atoms with Gasteiger partial charge in [-0.2, -0.15) is 0 Å². The SMILES string of the molecule is CC(C)NC(=O)c1cc2ccccc2c(-c2cccc(F)c2F)n1. The minimum absolute atomic E-state index is 0.0328. The van der Waals surface area contributed by atoms with E-state index in [-0.39, 0.29) is 28.9 Å². The van der Waals surface area contributed by atoms with Crippen LogP contribution in [0.15, 0.2) is 48.5 Å². The summed E-state index contributed by atoms with van der Waals surface area (Å²) in [5.74, 6) is -2.28. The first kappa shape index (κ1) is 16.1. The zero-order chi connectivity index (χ0) is 17.3. The fourth-order valence-electron chi connectivity index (χ4n) is 2.54. The van der Waals surface area contributed by atoms with E-state index in [1.54, 1.807) is 18.2 Å². The third kappa shape index (κ3) is 2.97. The molecule has 0 saturated carbocycles. The summed E-state index contributed by atoms with van der Waals surface area (Å²) in [6.07, 6.45) is 0. The molecule has 3 nitrogen and oxygen atoms in total. The zero-order valence-electron chi connectivity index (χ0n) is 13.3. The van der Waals surface area contributed by atoms with Gasteiger partial charge in [-0.1, -0.05) is 30.3 Å². The third-order valence-corrected chi connectivity index (χ3v) is 3.60. The molecule has 0 atom stereocenters. The van der Waals surface area contributed by atoms with Gasteiger partial charge in [-0.25, -0.2) is 13.8 Å². The average Bonchev–Trinajstić information content (AvgIpc) is 2.56. The second kappa shape index (κ2) is 6.35. The first-order valence-electron chi connectivity index (χ1n) is 7.62. The normalized spacial score (nSPS) is 11.0. The molecule has 0 aliphatic rings. The number of nitrogens with one attached hydrogen (secondary N) is 1. The number of carbonyl (C=O) groups excluding carboxylic acids is 1. The summed E-state index contributed by atoms with van der Waals surface area (Å²) in [6, 6.07) is 12.7. The summed E-state index contributed by atoms with van der Waals surface area (Å²) in [5.41, 5.74) is 0.450. The maximum Gasteiger partial charge on any atom is 0.270 e. The molecule has 24 heavy (non-hydrogen) atoms. The summed E-state index contributed by atoms with van der Waals surface area (Å²) >= 11 is 0. The Morgan fingerprint density at radius 1 is 1.08 bits per heavy atom. The molecule has 0 spiro atoms. The van der Waals surface area contributed by atoms with Crippen LogP contribution < -0.4 is 5.32 Å². The van der Waals surface area contributed by atoms with E-state index >= 15 is 0 Å². The molecule has 0 fully saturated rings. The monoisotopic (exact) mass is 326 g/mol. The fourth-order valence-corrected chi connectivity index (χ4v) is 2.54. The highest BCUT2D eigenvalue weighted by atomic mass is 19.2. The van der Waals surface area contributed by atoms with Crippen LogP contribution in [0.4, 0.5) is 8.78 Å². The molecule has 1 heterocycles. The number of aromatic nitrogens is 1. The molecular formula is C19H16F2N2O. The highest BCUT2D eigenvalue weighted by Crippen LogP contribution is 2.30. The lowest BCUT2D eigenvalue weighted by Gasteiger charge is -2.12. The second-order valence-corrected chi connectivity index (χ2v) is 5.81. The molecule has 1 amide bonds. The molecule has 0 aliphatic carbocycles. The Morgan fingerprint density at radius 2 is 1.83 bits per heavy atom. The van der Waals surface area contributed by atoms with Gasteiger partial charge in [-0.15, -0.1) is 0 Å². The van der Waals surface area contributed by atoms with Crippen LogP contribution in [0.3, 0.4) is 0 Å². The highest BCUT2D eigenvalue weighted by Gasteiger charge is 2.17. The number of nitrogens with zero attached hydrogens (tertiary/aromatic N) is 1. The van der Waals surface area contributed by atoms with Gasteiger partial charge < -0.3 is 5.32 Å². The van der Waals surface area contributed by atoms with Crippen molar-refractivity contribution in [2.24, 2.45) is 0 Å². The van der Waals surface area contributed by atoms with Gasteiger partial charge in [0.25, 0.3) is 5.91 Å². The molecule has 0 unspecified atom stereocenters. The Balaban J connectivity index is 2.26. The van der Waals surface area contributed by atoms with Crippen molar-refractivity contribution in [2.75, 3.05) is 0 Å². The van der Waals surface area contributed by atoms with Crippen LogP contribution in [0, 0.1) is 11.6 Å². The van der Waals surface area contributed by atoms with Crippen molar-refractivity contribution in [3.05, 3.63) is 65.9 Å². The number of rotatable bonds is 3. The van der Waals surface area contributed by atoms with Crippen LogP contribution in [0.1, 0.15) is 24.3 Å². The topological polar surface area (TPSA) is 42.0 Å². The van der Waals surface area contributed by atoms with Gasteiger partial charge in [0.2, 0.25) is 0 Å². The number of benzene rings is 2. The summed E-state index contributed by atoms with van der Waals surface area (Å²) < 4.78 is 27.9. The molecule has 5 heteroatoms. The molecule has 0 saturated heterocycles. The van der Waals surface area contributed by atoms with E-state index in [2.05, 4.69) is 10.3 Å². The lowest BCUT2D eigenvalue weighted by atomic mass is 10.0. The first-order valence-corrected chi connectivity index (χ1v) is 7.62. The van der Waals surface area contributed by atoms with Gasteiger partial charge in [0.05, 0.1) is 5.69 Å². The number of halogens is 2. The van der Waals surface area contributed by atoms with Gasteiger partial charge in [0.1, 0.15) is 5.69 Å². The number of hydrogen-bond donors (Lipinski definition) is 1. The van der Waals surface area contributed by atoms with Crippen molar-refractivity contribution in [2.45, 2.75) is 19.9 Å². The third-order valence-electron chi connectivity index (χ3n) is 3.60. The van der Waals surface area contributed by atoms with Gasteiger partial charge in [-0.05, 0) is 37.4 Å². The molecule has 1 N–H and O–H groups in total. The molecule has 0 radical (unpaired) electrons. The highest BCUT2D eigenvalue weighted by molar-refractivity contribution is 6.01. The van der Waals surface area contributed by atoms with Gasteiger partial charge in [-0.3, -0.25) is 4.79 Å². The summed E-state index contributed by atoms with van der Waals surface area (Å²) in [5, 5.41) is 4.15. The lowest BCUT2D eigenvalue weighted by molar-refractivity contribution is 0.0938. The number of fused-ring (bicyclic) bond motifs is 1. The van der Waals surface area contributed by atoms with Gasteiger partial charge in [0, 0.05) is 17.0 Å². The van der Waals surface area contributed by atoms with Crippen molar-refractivity contribution in [1.82, 2.24) is 10.3 Å². The Morgan fingerprint density at radius 3 is 2.58 bits per heavy atom. The molecule has 2 aromatic carbocycles. The quantitative estimate of drug-likeness (QED) is 0.779. The lowest BCUT2D eigenvalue weighted by Crippen LogP contribution is -2.30. The van der Waals surface area contributed by atoms with Crippen LogP contribution in [0.25, 0.3) is 22.0 Å². The van der Waals surface area contributed by atoms with Crippen molar-refractivity contribution in [3.63, 3.8) is 0 Å². The largest absolute Gasteiger partial charge is 0.349 e. The molecule has 3 aromatic rings. The van der Waals surface area contributed by atoms with Crippen molar-refractivity contribution >= 4 is 16.7 Å². The standard InChI is InChI=1S/C19H16F2N2O/c1-11(2)22-19(24)16-10-12-6-3-4-7-13(12)18(23-16)14-8-5-9-15(20)17(14)21/h3-11H,1-2H3,(H,22,24). The Labute approximate surface area is 138 Å². The predicted octanol–water partition coefficient (Wildman–Crippen LogP) is 4.32. The van der Waals surface area contributed by atoms with E-state index in [0.29, 0.717) is 5.39 Å². The molecule has 3 rings (SSSR count). The average molecular weight is 326 g/mol. The summed E-state index contributed by atoms with van der Waals surface area (Å²) in [6.45, 7) is 3.68. The summed E-state index contributed by atoms with van der Waals surface area (Å²) in [7, 11) is 0. The maximum atomic E-state index is 14.2. The number of hydrogen-bond acceptors (Lipinski definition) is 2. The van der Waals surface area contributed by atoms with E-state index < -0.39 is 11.6 Å². The van der Waals surface area contributed by atoms with E-state index in [0.717, 1.165) is 11.5 Å². The first-order chi connectivity index (χ1) is 11.5. The van der Waals surface area contributed by atoms with Crippen LogP contribution in [-0.2, 0) is 0 Å². The Hall–Kier alpha value is -2.82. The van der Waals surface area contributed by atoms with E-state index in [1.165, 1.54) is 12.1 Å². The van der Waals surface area contributed by atoms with Gasteiger partial charge >= 0.3 is 0 Å². The Bertz CT molecular complexity index is 922. The number of amides is 1. The van der Waals surface area contributed by atoms with Crippen molar-refractivity contribution in [1.29, 1.82) is 0 Å². The number of pyridine rings is 1. The van der Waals surface area contributed by atoms with Crippen molar-refractivity contribution in [3.8, 4) is 11.3 Å². The molecule has 1 aromatic heterocycles. The van der Waals surface area contributed by atoms with Crippen LogP contribution >= 0.6 is 0 Å². The van der Waals surface area contributed by atoms with E-state index in [1.807, 2.05) is 26.0 Å². The van der Waals surface area contributed by atoms with E-state index in [9.17, 15) is 13.6 Å². The maximum absolute atomic E-state index is 14.2.